The van der Waals surface area contributed by atoms with Crippen molar-refractivity contribution in [2.75, 3.05) is 32.7 Å². The molecule has 2 N–H and O–H groups in total. The summed E-state index contributed by atoms with van der Waals surface area (Å²) >= 11 is 0. The van der Waals surface area contributed by atoms with Crippen LogP contribution >= 0.6 is 0 Å². The van der Waals surface area contributed by atoms with Crippen molar-refractivity contribution in [1.29, 1.82) is 0 Å². The Labute approximate surface area is 121 Å². The van der Waals surface area contributed by atoms with Gasteiger partial charge in [-0.25, -0.2) is 0 Å². The first kappa shape index (κ1) is 15.3. The van der Waals surface area contributed by atoms with Gasteiger partial charge in [0.15, 0.2) is 0 Å². The third-order valence-electron chi connectivity index (χ3n) is 4.59. The number of carbonyl (C=O) groups excluding carboxylic acids is 2. The molecule has 0 spiro atoms. The molecule has 0 aromatic rings. The maximum atomic E-state index is 12.2. The molecule has 2 heterocycles. The lowest BCUT2D eigenvalue weighted by atomic mass is 9.80. The average Bonchev–Trinajstić information content (AvgIpc) is 2.48. The fourth-order valence-corrected chi connectivity index (χ4v) is 3.00. The van der Waals surface area contributed by atoms with Gasteiger partial charge in [0, 0.05) is 31.5 Å². The van der Waals surface area contributed by atoms with E-state index in [-0.39, 0.29) is 17.2 Å². The Bertz CT molecular complexity index is 345. The van der Waals surface area contributed by atoms with E-state index in [0.29, 0.717) is 13.0 Å². The molecule has 2 amide bonds. The third-order valence-corrected chi connectivity index (χ3v) is 4.59. The van der Waals surface area contributed by atoms with Crippen LogP contribution in [0.1, 0.15) is 45.4 Å². The molecule has 2 saturated heterocycles. The van der Waals surface area contributed by atoms with E-state index in [1.807, 2.05) is 11.8 Å². The van der Waals surface area contributed by atoms with Gasteiger partial charge in [0.2, 0.25) is 11.8 Å². The van der Waals surface area contributed by atoms with Crippen molar-refractivity contribution < 1.29 is 9.59 Å². The van der Waals surface area contributed by atoms with Crippen LogP contribution in [0.25, 0.3) is 0 Å². The summed E-state index contributed by atoms with van der Waals surface area (Å²) < 4.78 is 0. The highest BCUT2D eigenvalue weighted by Gasteiger charge is 2.34. The fraction of sp³-hybridized carbons (Fsp3) is 0.867. The topological polar surface area (TPSA) is 61.4 Å². The Morgan fingerprint density at radius 3 is 2.45 bits per heavy atom. The molecule has 5 nitrogen and oxygen atoms in total. The van der Waals surface area contributed by atoms with Crippen molar-refractivity contribution in [2.45, 2.75) is 45.4 Å². The number of hydrogen-bond acceptors (Lipinski definition) is 3. The zero-order valence-corrected chi connectivity index (χ0v) is 12.5. The highest BCUT2D eigenvalue weighted by atomic mass is 16.2. The van der Waals surface area contributed by atoms with Crippen LogP contribution in [0.4, 0.5) is 0 Å². The second-order valence-corrected chi connectivity index (χ2v) is 6.26. The van der Waals surface area contributed by atoms with E-state index in [1.54, 1.807) is 0 Å². The molecule has 2 aliphatic rings. The SMILES string of the molecule is CC1(C(=O)NCCC(=O)N2CCCCC2)CCNCC1. The first-order chi connectivity index (χ1) is 9.62. The van der Waals surface area contributed by atoms with Crippen LogP contribution in [-0.2, 0) is 9.59 Å². The van der Waals surface area contributed by atoms with E-state index in [4.69, 9.17) is 0 Å². The Hall–Kier alpha value is -1.10. The summed E-state index contributed by atoms with van der Waals surface area (Å²) in [5, 5.41) is 6.22. The molecule has 0 bridgehead atoms. The molecule has 114 valence electrons. The minimum absolute atomic E-state index is 0.102. The summed E-state index contributed by atoms with van der Waals surface area (Å²) in [6.07, 6.45) is 5.64. The Morgan fingerprint density at radius 2 is 1.80 bits per heavy atom. The van der Waals surface area contributed by atoms with Crippen LogP contribution in [-0.4, -0.2) is 49.4 Å². The largest absolute Gasteiger partial charge is 0.355 e. The third kappa shape index (κ3) is 3.95. The van der Waals surface area contributed by atoms with Crippen molar-refractivity contribution in [3.05, 3.63) is 0 Å². The van der Waals surface area contributed by atoms with Gasteiger partial charge in [-0.05, 0) is 45.2 Å². The summed E-state index contributed by atoms with van der Waals surface area (Å²) in [4.78, 5) is 26.1. The van der Waals surface area contributed by atoms with E-state index in [1.165, 1.54) is 6.42 Å². The zero-order valence-electron chi connectivity index (χ0n) is 12.5. The van der Waals surface area contributed by atoms with Gasteiger partial charge in [-0.1, -0.05) is 6.92 Å². The highest BCUT2D eigenvalue weighted by molar-refractivity contribution is 5.83. The zero-order chi connectivity index (χ0) is 14.4. The lowest BCUT2D eigenvalue weighted by Crippen LogP contribution is -2.46. The minimum Gasteiger partial charge on any atom is -0.355 e. The standard InChI is InChI=1S/C15H27N3O2/c1-15(6-9-16-10-7-15)14(20)17-8-5-13(19)18-11-3-2-4-12-18/h16H,2-12H2,1H3,(H,17,20). The monoisotopic (exact) mass is 281 g/mol. The van der Waals surface area contributed by atoms with Gasteiger partial charge in [-0.3, -0.25) is 9.59 Å². The predicted octanol–water partition coefficient (Wildman–Crippen LogP) is 0.895. The smallest absolute Gasteiger partial charge is 0.226 e. The summed E-state index contributed by atoms with van der Waals surface area (Å²) in [7, 11) is 0. The Balaban J connectivity index is 1.69. The second-order valence-electron chi connectivity index (χ2n) is 6.26. The Kier molecular flexibility index (Phi) is 5.40. The average molecular weight is 281 g/mol. The van der Waals surface area contributed by atoms with Crippen LogP contribution in [0, 0.1) is 5.41 Å². The van der Waals surface area contributed by atoms with Gasteiger partial charge in [-0.2, -0.15) is 0 Å². The maximum Gasteiger partial charge on any atom is 0.226 e. The van der Waals surface area contributed by atoms with Crippen molar-refractivity contribution in [3.63, 3.8) is 0 Å². The number of nitrogens with zero attached hydrogens (tertiary/aromatic N) is 1. The molecule has 0 unspecified atom stereocenters. The van der Waals surface area contributed by atoms with Crippen LogP contribution in [0.3, 0.4) is 0 Å². The second kappa shape index (κ2) is 7.07. The number of rotatable bonds is 4. The Morgan fingerprint density at radius 1 is 1.15 bits per heavy atom. The number of carbonyl (C=O) groups is 2. The van der Waals surface area contributed by atoms with Gasteiger partial charge in [0.1, 0.15) is 0 Å². The van der Waals surface area contributed by atoms with Crippen LogP contribution in [0.15, 0.2) is 0 Å². The van der Waals surface area contributed by atoms with Crippen LogP contribution in [0.2, 0.25) is 0 Å². The molecule has 0 aromatic heterocycles. The molecule has 2 fully saturated rings. The molecule has 20 heavy (non-hydrogen) atoms. The van der Waals surface area contributed by atoms with E-state index >= 15 is 0 Å². The van der Waals surface area contributed by atoms with Gasteiger partial charge in [0.05, 0.1) is 0 Å². The minimum atomic E-state index is -0.264. The quantitative estimate of drug-likeness (QED) is 0.804. The van der Waals surface area contributed by atoms with Crippen LogP contribution in [0.5, 0.6) is 0 Å². The number of piperidine rings is 2. The van der Waals surface area contributed by atoms with Gasteiger partial charge in [0.25, 0.3) is 0 Å². The molecular formula is C15H27N3O2. The molecule has 0 radical (unpaired) electrons. The van der Waals surface area contributed by atoms with E-state index in [9.17, 15) is 9.59 Å². The van der Waals surface area contributed by atoms with Crippen LogP contribution < -0.4 is 10.6 Å². The lowest BCUT2D eigenvalue weighted by molar-refractivity contribution is -0.133. The predicted molar refractivity (Wildman–Crippen MR) is 78.3 cm³/mol. The summed E-state index contributed by atoms with van der Waals surface area (Å²) in [5.74, 6) is 0.283. The number of likely N-dealkylation sites (tertiary alicyclic amines) is 1. The molecule has 0 atom stereocenters. The molecule has 0 aromatic carbocycles. The normalized spacial score (nSPS) is 22.4. The summed E-state index contributed by atoms with van der Waals surface area (Å²) in [6.45, 7) is 6.06. The van der Waals surface area contributed by atoms with E-state index < -0.39 is 0 Å². The number of hydrogen-bond donors (Lipinski definition) is 2. The molecule has 2 aliphatic heterocycles. The molecule has 0 aliphatic carbocycles. The van der Waals surface area contributed by atoms with E-state index in [0.717, 1.165) is 51.9 Å². The highest BCUT2D eigenvalue weighted by Crippen LogP contribution is 2.27. The molecule has 5 heteroatoms. The van der Waals surface area contributed by atoms with Crippen molar-refractivity contribution in [2.24, 2.45) is 5.41 Å². The number of amides is 2. The summed E-state index contributed by atoms with van der Waals surface area (Å²) in [6, 6.07) is 0. The maximum absolute atomic E-state index is 12.2. The van der Waals surface area contributed by atoms with Crippen molar-refractivity contribution in [3.8, 4) is 0 Å². The van der Waals surface area contributed by atoms with Gasteiger partial charge < -0.3 is 15.5 Å². The number of nitrogens with one attached hydrogen (secondary N) is 2. The molecule has 2 rings (SSSR count). The first-order valence-corrected chi connectivity index (χ1v) is 7.89. The fourth-order valence-electron chi connectivity index (χ4n) is 3.00. The summed E-state index contributed by atoms with van der Waals surface area (Å²) in [5.41, 5.74) is -0.264. The molecular weight excluding hydrogens is 254 g/mol. The molecule has 0 saturated carbocycles. The lowest BCUT2D eigenvalue weighted by Gasteiger charge is -2.32. The van der Waals surface area contributed by atoms with E-state index in [2.05, 4.69) is 10.6 Å². The van der Waals surface area contributed by atoms with Gasteiger partial charge >= 0.3 is 0 Å². The first-order valence-electron chi connectivity index (χ1n) is 7.89. The van der Waals surface area contributed by atoms with Crippen molar-refractivity contribution >= 4 is 11.8 Å². The van der Waals surface area contributed by atoms with Gasteiger partial charge in [-0.15, -0.1) is 0 Å². The van der Waals surface area contributed by atoms with Crippen molar-refractivity contribution in [1.82, 2.24) is 15.5 Å².